The molecular formula is C13H20N2O3. The van der Waals surface area contributed by atoms with Gasteiger partial charge in [0.1, 0.15) is 12.6 Å². The van der Waals surface area contributed by atoms with Gasteiger partial charge in [-0.15, -0.1) is 0 Å². The van der Waals surface area contributed by atoms with Crippen molar-refractivity contribution in [3.05, 3.63) is 0 Å². The van der Waals surface area contributed by atoms with Crippen molar-refractivity contribution in [2.45, 2.75) is 44.2 Å². The Morgan fingerprint density at radius 2 is 1.78 bits per heavy atom. The lowest BCUT2D eigenvalue weighted by atomic mass is 9.96. The molecule has 3 fully saturated rings. The Morgan fingerprint density at radius 1 is 1.00 bits per heavy atom. The smallest absolute Gasteiger partial charge is 0.246 e. The number of nitrogens with zero attached hydrogens (tertiary/aromatic N) is 2. The van der Waals surface area contributed by atoms with Gasteiger partial charge in [-0.25, -0.2) is 0 Å². The molecule has 0 spiro atoms. The minimum Gasteiger partial charge on any atom is -0.381 e. The lowest BCUT2D eigenvalue weighted by molar-refractivity contribution is -0.161. The maximum atomic E-state index is 12.5. The summed E-state index contributed by atoms with van der Waals surface area (Å²) in [6, 6.07) is 0.0297. The Labute approximate surface area is 107 Å². The van der Waals surface area contributed by atoms with E-state index in [9.17, 15) is 9.59 Å². The molecule has 3 aliphatic heterocycles. The Morgan fingerprint density at radius 3 is 2.56 bits per heavy atom. The maximum Gasteiger partial charge on any atom is 0.246 e. The molecule has 18 heavy (non-hydrogen) atoms. The Balaban J connectivity index is 1.75. The first-order valence-electron chi connectivity index (χ1n) is 6.95. The summed E-state index contributed by atoms with van der Waals surface area (Å²) in [5.41, 5.74) is 0. The van der Waals surface area contributed by atoms with Crippen LogP contribution in [0.3, 0.4) is 0 Å². The standard InChI is InChI=1S/C13H20N2O3/c16-12-9-15(10-4-7-18-8-5-10)13(17)11-3-1-2-6-14(11)12/h10-11H,1-9H2. The van der Waals surface area contributed by atoms with Crippen molar-refractivity contribution >= 4 is 11.8 Å². The monoisotopic (exact) mass is 252 g/mol. The van der Waals surface area contributed by atoms with Gasteiger partial charge in [-0.1, -0.05) is 0 Å². The van der Waals surface area contributed by atoms with Crippen LogP contribution in [0.15, 0.2) is 0 Å². The average molecular weight is 252 g/mol. The summed E-state index contributed by atoms with van der Waals surface area (Å²) in [5, 5.41) is 0. The third-order valence-electron chi connectivity index (χ3n) is 4.33. The third kappa shape index (κ3) is 2.00. The predicted molar refractivity (Wildman–Crippen MR) is 64.9 cm³/mol. The van der Waals surface area contributed by atoms with Crippen LogP contribution < -0.4 is 0 Å². The summed E-state index contributed by atoms with van der Waals surface area (Å²) in [7, 11) is 0. The lowest BCUT2D eigenvalue weighted by Gasteiger charge is -2.46. The summed E-state index contributed by atoms with van der Waals surface area (Å²) in [6.07, 6.45) is 4.66. The summed E-state index contributed by atoms with van der Waals surface area (Å²) in [6.45, 7) is 2.45. The van der Waals surface area contributed by atoms with Gasteiger partial charge in [0, 0.05) is 25.8 Å². The van der Waals surface area contributed by atoms with E-state index in [1.54, 1.807) is 4.90 Å². The van der Waals surface area contributed by atoms with Gasteiger partial charge >= 0.3 is 0 Å². The number of hydrogen-bond donors (Lipinski definition) is 0. The van der Waals surface area contributed by atoms with Crippen LogP contribution in [0.2, 0.25) is 0 Å². The fourth-order valence-corrected chi connectivity index (χ4v) is 3.30. The molecule has 0 radical (unpaired) electrons. The van der Waals surface area contributed by atoms with Gasteiger partial charge in [0.05, 0.1) is 0 Å². The number of carbonyl (C=O) groups excluding carboxylic acids is 2. The zero-order valence-electron chi connectivity index (χ0n) is 10.6. The van der Waals surface area contributed by atoms with Crippen LogP contribution in [-0.4, -0.2) is 60.0 Å². The molecule has 100 valence electrons. The number of carbonyl (C=O) groups is 2. The molecule has 0 aromatic rings. The number of fused-ring (bicyclic) bond motifs is 1. The highest BCUT2D eigenvalue weighted by atomic mass is 16.5. The van der Waals surface area contributed by atoms with E-state index in [1.165, 1.54) is 0 Å². The van der Waals surface area contributed by atoms with Crippen molar-refractivity contribution in [3.8, 4) is 0 Å². The van der Waals surface area contributed by atoms with E-state index in [0.717, 1.165) is 38.6 Å². The fourth-order valence-electron chi connectivity index (χ4n) is 3.30. The molecule has 0 aromatic heterocycles. The highest BCUT2D eigenvalue weighted by Gasteiger charge is 2.42. The molecule has 5 nitrogen and oxygen atoms in total. The van der Waals surface area contributed by atoms with Crippen LogP contribution in [0.5, 0.6) is 0 Å². The van der Waals surface area contributed by atoms with Gasteiger partial charge in [-0.05, 0) is 32.1 Å². The molecule has 0 aromatic carbocycles. The van der Waals surface area contributed by atoms with Gasteiger partial charge in [0.15, 0.2) is 0 Å². The topological polar surface area (TPSA) is 49.9 Å². The molecule has 1 unspecified atom stereocenters. The first kappa shape index (κ1) is 12.0. The Bertz CT molecular complexity index is 352. The first-order chi connectivity index (χ1) is 8.77. The first-order valence-corrected chi connectivity index (χ1v) is 6.95. The van der Waals surface area contributed by atoms with Crippen LogP contribution in [0.4, 0.5) is 0 Å². The van der Waals surface area contributed by atoms with Crippen LogP contribution in [0.1, 0.15) is 32.1 Å². The maximum absolute atomic E-state index is 12.5. The number of amides is 2. The number of piperazine rings is 1. The molecule has 0 bridgehead atoms. The van der Waals surface area contributed by atoms with E-state index in [2.05, 4.69) is 0 Å². The molecule has 3 rings (SSSR count). The molecule has 2 amide bonds. The van der Waals surface area contributed by atoms with Crippen LogP contribution in [0, 0.1) is 0 Å². The predicted octanol–water partition coefficient (Wildman–Crippen LogP) is 0.389. The molecule has 1 atom stereocenters. The average Bonchev–Trinajstić information content (AvgIpc) is 2.44. The zero-order chi connectivity index (χ0) is 12.5. The minimum atomic E-state index is -0.178. The van der Waals surface area contributed by atoms with Gasteiger partial charge in [-0.2, -0.15) is 0 Å². The quantitative estimate of drug-likeness (QED) is 0.678. The molecule has 0 saturated carbocycles. The largest absolute Gasteiger partial charge is 0.381 e. The summed E-state index contributed by atoms with van der Waals surface area (Å²) >= 11 is 0. The molecule has 0 aliphatic carbocycles. The second-order valence-corrected chi connectivity index (χ2v) is 5.41. The van der Waals surface area contributed by atoms with E-state index in [-0.39, 0.29) is 30.4 Å². The lowest BCUT2D eigenvalue weighted by Crippen LogP contribution is -2.63. The van der Waals surface area contributed by atoms with Crippen molar-refractivity contribution in [3.63, 3.8) is 0 Å². The summed E-state index contributed by atoms with van der Waals surface area (Å²) in [5.74, 6) is 0.298. The van der Waals surface area contributed by atoms with Crippen LogP contribution in [-0.2, 0) is 14.3 Å². The van der Waals surface area contributed by atoms with Crippen LogP contribution in [0.25, 0.3) is 0 Å². The van der Waals surface area contributed by atoms with Crippen LogP contribution >= 0.6 is 0 Å². The third-order valence-corrected chi connectivity index (χ3v) is 4.33. The highest BCUT2D eigenvalue weighted by molar-refractivity contribution is 5.95. The van der Waals surface area contributed by atoms with E-state index in [4.69, 9.17) is 4.74 Å². The number of hydrogen-bond acceptors (Lipinski definition) is 3. The van der Waals surface area contributed by atoms with Gasteiger partial charge < -0.3 is 14.5 Å². The van der Waals surface area contributed by atoms with Gasteiger partial charge in [-0.3, -0.25) is 9.59 Å². The summed E-state index contributed by atoms with van der Waals surface area (Å²) < 4.78 is 5.33. The molecule has 0 N–H and O–H groups in total. The van der Waals surface area contributed by atoms with E-state index in [1.807, 2.05) is 4.90 Å². The normalized spacial score (nSPS) is 30.6. The SMILES string of the molecule is O=C1C2CCCCN2C(=O)CN1C1CCOCC1. The van der Waals surface area contributed by atoms with E-state index >= 15 is 0 Å². The minimum absolute atomic E-state index is 0.130. The Kier molecular flexibility index (Phi) is 3.24. The van der Waals surface area contributed by atoms with Crippen molar-refractivity contribution in [2.24, 2.45) is 0 Å². The molecule has 3 saturated heterocycles. The zero-order valence-corrected chi connectivity index (χ0v) is 10.6. The summed E-state index contributed by atoms with van der Waals surface area (Å²) in [4.78, 5) is 28.2. The van der Waals surface area contributed by atoms with Gasteiger partial charge in [0.25, 0.3) is 0 Å². The Hall–Kier alpha value is -1.10. The van der Waals surface area contributed by atoms with E-state index in [0.29, 0.717) is 13.2 Å². The molecule has 3 heterocycles. The number of ether oxygens (including phenoxy) is 1. The number of piperidine rings is 1. The molecule has 3 aliphatic rings. The van der Waals surface area contributed by atoms with E-state index < -0.39 is 0 Å². The van der Waals surface area contributed by atoms with Crippen molar-refractivity contribution in [2.75, 3.05) is 26.3 Å². The second kappa shape index (κ2) is 4.88. The fraction of sp³-hybridized carbons (Fsp3) is 0.846. The van der Waals surface area contributed by atoms with Crippen molar-refractivity contribution < 1.29 is 14.3 Å². The second-order valence-electron chi connectivity index (χ2n) is 5.41. The molecular weight excluding hydrogens is 232 g/mol. The van der Waals surface area contributed by atoms with Crippen molar-refractivity contribution in [1.29, 1.82) is 0 Å². The van der Waals surface area contributed by atoms with Gasteiger partial charge in [0.2, 0.25) is 11.8 Å². The highest BCUT2D eigenvalue weighted by Crippen LogP contribution is 2.26. The molecule has 5 heteroatoms. The van der Waals surface area contributed by atoms with Crippen molar-refractivity contribution in [1.82, 2.24) is 9.80 Å². The number of rotatable bonds is 1.